The SMILES string of the molecule is Cc1ccnc(C(C)C)c1-n1c(=O)nc2c3c(c(Cl)c(-c4ccccc4F)nc31)OC[C@H]1CCCCN21. The maximum atomic E-state index is 15.0. The first kappa shape index (κ1) is 23.9. The Labute approximate surface area is 218 Å². The van der Waals surface area contributed by atoms with Crippen molar-refractivity contribution in [1.82, 2.24) is 19.5 Å². The number of hydrogen-bond donors (Lipinski definition) is 0. The minimum absolute atomic E-state index is 0.0349. The van der Waals surface area contributed by atoms with Gasteiger partial charge in [-0.15, -0.1) is 0 Å². The molecule has 0 bridgehead atoms. The molecule has 0 saturated carbocycles. The van der Waals surface area contributed by atoms with E-state index in [0.29, 0.717) is 34.9 Å². The van der Waals surface area contributed by atoms with Crippen molar-refractivity contribution in [3.8, 4) is 22.7 Å². The molecule has 4 aromatic rings. The normalized spacial score (nSPS) is 17.0. The number of rotatable bonds is 3. The highest BCUT2D eigenvalue weighted by Crippen LogP contribution is 2.46. The summed E-state index contributed by atoms with van der Waals surface area (Å²) in [6.45, 7) is 7.13. The predicted octanol–water partition coefficient (Wildman–Crippen LogP) is 5.82. The Balaban J connectivity index is 1.78. The molecule has 2 aliphatic rings. The third-order valence-electron chi connectivity index (χ3n) is 7.28. The zero-order valence-corrected chi connectivity index (χ0v) is 21.7. The average molecular weight is 520 g/mol. The molecule has 0 spiro atoms. The van der Waals surface area contributed by atoms with Gasteiger partial charge in [0.2, 0.25) is 0 Å². The second-order valence-corrected chi connectivity index (χ2v) is 10.4. The largest absolute Gasteiger partial charge is 0.489 e. The third kappa shape index (κ3) is 3.77. The van der Waals surface area contributed by atoms with Crippen LogP contribution in [-0.2, 0) is 0 Å². The maximum Gasteiger partial charge on any atom is 0.355 e. The molecular weight excluding hydrogens is 493 g/mol. The molecule has 2 aliphatic heterocycles. The first-order chi connectivity index (χ1) is 17.9. The fourth-order valence-corrected chi connectivity index (χ4v) is 5.77. The minimum atomic E-state index is -0.466. The van der Waals surface area contributed by atoms with Crippen LogP contribution < -0.4 is 15.3 Å². The van der Waals surface area contributed by atoms with Gasteiger partial charge in [0, 0.05) is 18.3 Å². The lowest BCUT2D eigenvalue weighted by atomic mass is 10.0. The lowest BCUT2D eigenvalue weighted by molar-refractivity contribution is 0.267. The van der Waals surface area contributed by atoms with Crippen LogP contribution in [0.4, 0.5) is 10.2 Å². The van der Waals surface area contributed by atoms with Crippen LogP contribution in [0.15, 0.2) is 41.3 Å². The zero-order valence-electron chi connectivity index (χ0n) is 21.0. The summed E-state index contributed by atoms with van der Waals surface area (Å²) in [4.78, 5) is 30.1. The topological polar surface area (TPSA) is 73.1 Å². The smallest absolute Gasteiger partial charge is 0.355 e. The summed E-state index contributed by atoms with van der Waals surface area (Å²) in [7, 11) is 0. The van der Waals surface area contributed by atoms with Crippen molar-refractivity contribution < 1.29 is 9.13 Å². The van der Waals surface area contributed by atoms with Crippen molar-refractivity contribution in [3.63, 3.8) is 0 Å². The number of aryl methyl sites for hydroxylation is 1. The Bertz CT molecular complexity index is 1600. The molecule has 7 nitrogen and oxygen atoms in total. The monoisotopic (exact) mass is 519 g/mol. The van der Waals surface area contributed by atoms with Crippen molar-refractivity contribution in [2.24, 2.45) is 0 Å². The fourth-order valence-electron chi connectivity index (χ4n) is 5.47. The number of hydrogen-bond acceptors (Lipinski definition) is 6. The van der Waals surface area contributed by atoms with Gasteiger partial charge in [-0.05, 0) is 55.9 Å². The Kier molecular flexibility index (Phi) is 5.87. The number of piperidine rings is 1. The van der Waals surface area contributed by atoms with E-state index in [4.69, 9.17) is 21.3 Å². The van der Waals surface area contributed by atoms with Crippen molar-refractivity contribution in [2.45, 2.75) is 52.0 Å². The standard InChI is InChI=1S/C28H27ClFN5O2/c1-15(2)22-24(16(3)11-12-31-22)35-27-20-25(21(29)23(32-27)18-9-4-5-10-19(18)30)37-14-17-8-6-7-13-34(17)26(20)33-28(35)36/h4-5,9-12,15,17H,6-8,13-14H2,1-3H3/t17-/m1/s1. The number of aromatic nitrogens is 4. The molecule has 0 aliphatic carbocycles. The highest BCUT2D eigenvalue weighted by molar-refractivity contribution is 6.36. The highest BCUT2D eigenvalue weighted by Gasteiger charge is 2.35. The van der Waals surface area contributed by atoms with Crippen LogP contribution in [0.1, 0.15) is 50.3 Å². The van der Waals surface area contributed by atoms with Crippen LogP contribution in [0.3, 0.4) is 0 Å². The molecule has 190 valence electrons. The first-order valence-electron chi connectivity index (χ1n) is 12.6. The van der Waals surface area contributed by atoms with Crippen molar-refractivity contribution in [1.29, 1.82) is 0 Å². The summed E-state index contributed by atoms with van der Waals surface area (Å²) in [6, 6.07) is 8.25. The maximum absolute atomic E-state index is 15.0. The van der Waals surface area contributed by atoms with Crippen LogP contribution in [0.5, 0.6) is 5.75 Å². The van der Waals surface area contributed by atoms with E-state index in [-0.39, 0.29) is 28.2 Å². The lowest BCUT2D eigenvalue weighted by Gasteiger charge is -2.34. The van der Waals surface area contributed by atoms with Crippen molar-refractivity contribution >= 4 is 28.5 Å². The van der Waals surface area contributed by atoms with E-state index in [0.717, 1.165) is 37.1 Å². The Hall–Kier alpha value is -3.52. The summed E-state index contributed by atoms with van der Waals surface area (Å²) in [5.74, 6) is 0.477. The van der Waals surface area contributed by atoms with E-state index in [1.165, 1.54) is 10.6 Å². The number of fused-ring (bicyclic) bond motifs is 2. The van der Waals surface area contributed by atoms with Gasteiger partial charge in [0.1, 0.15) is 28.7 Å². The molecule has 1 atom stereocenters. The second-order valence-electron chi connectivity index (χ2n) is 10.0. The number of nitrogens with zero attached hydrogens (tertiary/aromatic N) is 5. The summed E-state index contributed by atoms with van der Waals surface area (Å²) in [6.07, 6.45) is 4.72. The summed E-state index contributed by atoms with van der Waals surface area (Å²) in [5, 5.41) is 0.768. The number of anilines is 1. The van der Waals surface area contributed by atoms with E-state index in [1.807, 2.05) is 26.8 Å². The molecule has 3 aromatic heterocycles. The van der Waals surface area contributed by atoms with Gasteiger partial charge < -0.3 is 9.64 Å². The van der Waals surface area contributed by atoms with Gasteiger partial charge in [-0.3, -0.25) is 4.98 Å². The molecule has 1 aromatic carbocycles. The molecule has 1 saturated heterocycles. The number of benzene rings is 1. The number of ether oxygens (including phenoxy) is 1. The molecule has 6 rings (SSSR count). The molecule has 1 fully saturated rings. The Morgan fingerprint density at radius 2 is 1.97 bits per heavy atom. The van der Waals surface area contributed by atoms with Gasteiger partial charge in [-0.2, -0.15) is 4.98 Å². The molecule has 5 heterocycles. The Morgan fingerprint density at radius 3 is 2.76 bits per heavy atom. The van der Waals surface area contributed by atoms with Crippen molar-refractivity contribution in [2.75, 3.05) is 18.1 Å². The second kappa shape index (κ2) is 9.10. The van der Waals surface area contributed by atoms with E-state index >= 15 is 4.39 Å². The predicted molar refractivity (Wildman–Crippen MR) is 143 cm³/mol. The van der Waals surface area contributed by atoms with Gasteiger partial charge in [-0.25, -0.2) is 18.7 Å². The first-order valence-corrected chi connectivity index (χ1v) is 13.0. The number of pyridine rings is 2. The van der Waals surface area contributed by atoms with Crippen LogP contribution in [0.25, 0.3) is 28.0 Å². The van der Waals surface area contributed by atoms with Crippen LogP contribution in [0, 0.1) is 12.7 Å². The van der Waals surface area contributed by atoms with E-state index in [2.05, 4.69) is 14.9 Å². The highest BCUT2D eigenvalue weighted by atomic mass is 35.5. The molecule has 37 heavy (non-hydrogen) atoms. The summed E-state index contributed by atoms with van der Waals surface area (Å²) in [5.41, 5.74) is 2.55. The van der Waals surface area contributed by atoms with Crippen molar-refractivity contribution in [3.05, 3.63) is 69.1 Å². The van der Waals surface area contributed by atoms with Gasteiger partial charge >= 0.3 is 5.69 Å². The summed E-state index contributed by atoms with van der Waals surface area (Å²) < 4.78 is 22.9. The molecule has 0 unspecified atom stereocenters. The van der Waals surface area contributed by atoms with Crippen LogP contribution in [0.2, 0.25) is 5.02 Å². The molecule has 0 N–H and O–H groups in total. The third-order valence-corrected chi connectivity index (χ3v) is 7.63. The lowest BCUT2D eigenvalue weighted by Crippen LogP contribution is -2.43. The fraction of sp³-hybridized carbons (Fsp3) is 0.357. The molecule has 0 amide bonds. The van der Waals surface area contributed by atoms with Gasteiger partial charge in [0.25, 0.3) is 0 Å². The minimum Gasteiger partial charge on any atom is -0.489 e. The quantitative estimate of drug-likeness (QED) is 0.339. The van der Waals surface area contributed by atoms with Crippen LogP contribution >= 0.6 is 11.6 Å². The zero-order chi connectivity index (χ0) is 25.8. The Morgan fingerprint density at radius 1 is 1.16 bits per heavy atom. The summed E-state index contributed by atoms with van der Waals surface area (Å²) >= 11 is 6.92. The average Bonchev–Trinajstić information content (AvgIpc) is 3.05. The molecule has 9 heteroatoms. The van der Waals surface area contributed by atoms with Gasteiger partial charge in [0.15, 0.2) is 11.4 Å². The van der Waals surface area contributed by atoms with E-state index in [1.54, 1.807) is 24.4 Å². The van der Waals surface area contributed by atoms with Crippen LogP contribution in [-0.4, -0.2) is 38.7 Å². The van der Waals surface area contributed by atoms with Gasteiger partial charge in [0.05, 0.1) is 23.1 Å². The number of halogens is 2. The molecule has 0 radical (unpaired) electrons. The van der Waals surface area contributed by atoms with Gasteiger partial charge in [-0.1, -0.05) is 37.6 Å². The van der Waals surface area contributed by atoms with E-state index < -0.39 is 11.5 Å². The van der Waals surface area contributed by atoms with E-state index in [9.17, 15) is 4.79 Å². The molecular formula is C28H27ClFN5O2.